The lowest BCUT2D eigenvalue weighted by atomic mass is 10.0. The Balaban J connectivity index is 1.50. The molecule has 4 aromatic rings. The van der Waals surface area contributed by atoms with Gasteiger partial charge in [0.05, 0.1) is 23.0 Å². The normalized spacial score (nSPS) is 10.7. The van der Waals surface area contributed by atoms with Gasteiger partial charge in [0.2, 0.25) is 0 Å². The Hall–Kier alpha value is -3.91. The first-order valence-electron chi connectivity index (χ1n) is 10.8. The van der Waals surface area contributed by atoms with Crippen molar-refractivity contribution in [3.05, 3.63) is 76.3 Å². The van der Waals surface area contributed by atoms with Crippen LogP contribution < -0.4 is 20.7 Å². The molecule has 3 N–H and O–H groups in total. The van der Waals surface area contributed by atoms with E-state index in [1.807, 2.05) is 52.0 Å². The van der Waals surface area contributed by atoms with Gasteiger partial charge in [0.15, 0.2) is 5.13 Å². The van der Waals surface area contributed by atoms with Gasteiger partial charge in [-0.1, -0.05) is 41.2 Å². The van der Waals surface area contributed by atoms with Crippen molar-refractivity contribution in [2.45, 2.75) is 27.7 Å². The molecule has 0 aliphatic rings. The molecule has 4 rings (SSSR count). The second kappa shape index (κ2) is 9.52. The molecule has 174 valence electrons. The number of hydrogen-bond acceptors (Lipinski definition) is 5. The lowest BCUT2D eigenvalue weighted by Crippen LogP contribution is -2.20. The SMILES string of the molecule is COc1cccc(C)c1NC(=O)Nc1nc2ccc(C(=O)Nc3c(C)cc(C)cc3C)cc2s1. The Morgan fingerprint density at radius 1 is 0.853 bits per heavy atom. The second-order valence-corrected chi connectivity index (χ2v) is 9.19. The molecule has 1 heterocycles. The molecule has 0 bridgehead atoms. The van der Waals surface area contributed by atoms with Gasteiger partial charge in [0.25, 0.3) is 5.91 Å². The zero-order chi connectivity index (χ0) is 24.4. The number of aromatic nitrogens is 1. The number of methoxy groups -OCH3 is 1. The van der Waals surface area contributed by atoms with Crippen LogP contribution in [0.25, 0.3) is 10.2 Å². The number of urea groups is 1. The molecule has 0 fully saturated rings. The summed E-state index contributed by atoms with van der Waals surface area (Å²) in [7, 11) is 1.56. The third-order valence-corrected chi connectivity index (χ3v) is 6.41. The number of para-hydroxylation sites is 1. The first kappa shape index (κ1) is 23.3. The molecule has 0 atom stereocenters. The fourth-order valence-electron chi connectivity index (χ4n) is 3.90. The maximum absolute atomic E-state index is 12.9. The van der Waals surface area contributed by atoms with Crippen LogP contribution >= 0.6 is 11.3 Å². The van der Waals surface area contributed by atoms with Crippen LogP contribution in [0, 0.1) is 27.7 Å². The Labute approximate surface area is 202 Å². The molecule has 0 radical (unpaired) electrons. The van der Waals surface area contributed by atoms with Crippen molar-refractivity contribution in [1.29, 1.82) is 0 Å². The first-order chi connectivity index (χ1) is 16.2. The average Bonchev–Trinajstić information content (AvgIpc) is 3.18. The first-order valence-corrected chi connectivity index (χ1v) is 11.6. The zero-order valence-electron chi connectivity index (χ0n) is 19.7. The van der Waals surface area contributed by atoms with Crippen molar-refractivity contribution in [2.24, 2.45) is 0 Å². The molecule has 0 unspecified atom stereocenters. The number of ether oxygens (including phenoxy) is 1. The second-order valence-electron chi connectivity index (χ2n) is 8.16. The molecule has 0 aliphatic carbocycles. The molecule has 0 saturated heterocycles. The van der Waals surface area contributed by atoms with Crippen molar-refractivity contribution in [2.75, 3.05) is 23.1 Å². The standard InChI is InChI=1S/C26H26N4O3S/c1-14-11-16(3)22(17(4)12-14)28-24(31)18-9-10-19-21(13-18)34-26(27-19)30-25(32)29-23-15(2)7-6-8-20(23)33-5/h6-13H,1-5H3,(H,28,31)(H2,27,29,30,32). The zero-order valence-corrected chi connectivity index (χ0v) is 20.5. The number of anilines is 3. The summed E-state index contributed by atoms with van der Waals surface area (Å²) in [5.74, 6) is 0.387. The van der Waals surface area contributed by atoms with E-state index in [2.05, 4.69) is 20.9 Å². The average molecular weight is 475 g/mol. The van der Waals surface area contributed by atoms with Crippen LogP contribution in [0.4, 0.5) is 21.3 Å². The van der Waals surface area contributed by atoms with Gasteiger partial charge in [-0.2, -0.15) is 0 Å². The third-order valence-electron chi connectivity index (χ3n) is 5.48. The van der Waals surface area contributed by atoms with Crippen LogP contribution in [0.3, 0.4) is 0 Å². The van der Waals surface area contributed by atoms with E-state index in [1.165, 1.54) is 11.3 Å². The van der Waals surface area contributed by atoms with Gasteiger partial charge < -0.3 is 15.4 Å². The highest BCUT2D eigenvalue weighted by Gasteiger charge is 2.15. The number of aryl methyl sites for hydroxylation is 4. The lowest BCUT2D eigenvalue weighted by Gasteiger charge is -2.13. The quantitative estimate of drug-likeness (QED) is 0.311. The van der Waals surface area contributed by atoms with Crippen molar-refractivity contribution in [3.63, 3.8) is 0 Å². The summed E-state index contributed by atoms with van der Waals surface area (Å²) < 4.78 is 6.13. The number of nitrogens with one attached hydrogen (secondary N) is 3. The van der Waals surface area contributed by atoms with E-state index in [0.717, 1.165) is 32.6 Å². The lowest BCUT2D eigenvalue weighted by molar-refractivity contribution is 0.102. The van der Waals surface area contributed by atoms with E-state index in [0.29, 0.717) is 27.6 Å². The summed E-state index contributed by atoms with van der Waals surface area (Å²) >= 11 is 1.30. The van der Waals surface area contributed by atoms with Gasteiger partial charge in [-0.25, -0.2) is 9.78 Å². The summed E-state index contributed by atoms with van der Waals surface area (Å²) in [5, 5.41) is 9.05. The molecule has 7 nitrogen and oxygen atoms in total. The van der Waals surface area contributed by atoms with Crippen LogP contribution in [-0.2, 0) is 0 Å². The van der Waals surface area contributed by atoms with E-state index in [1.54, 1.807) is 31.4 Å². The van der Waals surface area contributed by atoms with Crippen molar-refractivity contribution >= 4 is 50.0 Å². The molecular weight excluding hydrogens is 448 g/mol. The summed E-state index contributed by atoms with van der Waals surface area (Å²) in [5.41, 5.74) is 6.73. The molecule has 3 aromatic carbocycles. The van der Waals surface area contributed by atoms with Crippen LogP contribution in [0.5, 0.6) is 5.75 Å². The van der Waals surface area contributed by atoms with E-state index in [4.69, 9.17) is 4.74 Å². The number of rotatable bonds is 5. The van der Waals surface area contributed by atoms with Gasteiger partial charge >= 0.3 is 6.03 Å². The van der Waals surface area contributed by atoms with Crippen molar-refractivity contribution in [1.82, 2.24) is 4.98 Å². The van der Waals surface area contributed by atoms with Gasteiger partial charge in [0, 0.05) is 11.3 Å². The largest absolute Gasteiger partial charge is 0.495 e. The number of carbonyl (C=O) groups is 2. The van der Waals surface area contributed by atoms with E-state index in [9.17, 15) is 9.59 Å². The Morgan fingerprint density at radius 3 is 2.29 bits per heavy atom. The maximum Gasteiger partial charge on any atom is 0.325 e. The minimum Gasteiger partial charge on any atom is -0.495 e. The van der Waals surface area contributed by atoms with Gasteiger partial charge in [0.1, 0.15) is 5.75 Å². The van der Waals surface area contributed by atoms with Crippen LogP contribution in [0.15, 0.2) is 48.5 Å². The van der Waals surface area contributed by atoms with E-state index >= 15 is 0 Å². The fraction of sp³-hybridized carbons (Fsp3) is 0.192. The number of benzene rings is 3. The molecule has 0 aliphatic heterocycles. The number of hydrogen-bond donors (Lipinski definition) is 3. The highest BCUT2D eigenvalue weighted by Crippen LogP contribution is 2.30. The predicted molar refractivity (Wildman–Crippen MR) is 139 cm³/mol. The fourth-order valence-corrected chi connectivity index (χ4v) is 4.80. The monoisotopic (exact) mass is 474 g/mol. The summed E-state index contributed by atoms with van der Waals surface area (Å²) in [6.45, 7) is 7.89. The van der Waals surface area contributed by atoms with Gasteiger partial charge in [-0.3, -0.25) is 10.1 Å². The topological polar surface area (TPSA) is 92.3 Å². The maximum atomic E-state index is 12.9. The number of nitrogens with zero attached hydrogens (tertiary/aromatic N) is 1. The van der Waals surface area contributed by atoms with Crippen molar-refractivity contribution in [3.8, 4) is 5.75 Å². The van der Waals surface area contributed by atoms with Crippen LogP contribution in [0.1, 0.15) is 32.6 Å². The number of thiazole rings is 1. The number of fused-ring (bicyclic) bond motifs is 1. The minimum atomic E-state index is -0.421. The third kappa shape index (κ3) is 4.87. The van der Waals surface area contributed by atoms with Crippen LogP contribution in [-0.4, -0.2) is 24.0 Å². The molecular formula is C26H26N4O3S. The summed E-state index contributed by atoms with van der Waals surface area (Å²) in [4.78, 5) is 29.9. The molecule has 0 saturated carbocycles. The Morgan fingerprint density at radius 2 is 1.59 bits per heavy atom. The Bertz CT molecular complexity index is 1390. The predicted octanol–water partition coefficient (Wildman–Crippen LogP) is 6.43. The van der Waals surface area contributed by atoms with E-state index in [-0.39, 0.29) is 5.91 Å². The highest BCUT2D eigenvalue weighted by molar-refractivity contribution is 7.22. The van der Waals surface area contributed by atoms with Crippen molar-refractivity contribution < 1.29 is 14.3 Å². The summed E-state index contributed by atoms with van der Waals surface area (Å²) in [6, 6.07) is 14.5. The molecule has 1 aromatic heterocycles. The molecule has 34 heavy (non-hydrogen) atoms. The highest BCUT2D eigenvalue weighted by atomic mass is 32.1. The molecule has 3 amide bonds. The van der Waals surface area contributed by atoms with E-state index < -0.39 is 6.03 Å². The Kier molecular flexibility index (Phi) is 6.51. The molecule has 0 spiro atoms. The minimum absolute atomic E-state index is 0.191. The summed E-state index contributed by atoms with van der Waals surface area (Å²) in [6.07, 6.45) is 0. The number of amides is 3. The smallest absolute Gasteiger partial charge is 0.325 e. The van der Waals surface area contributed by atoms with Gasteiger partial charge in [-0.05, 0) is 68.7 Å². The van der Waals surface area contributed by atoms with Gasteiger partial charge in [-0.15, -0.1) is 0 Å². The van der Waals surface area contributed by atoms with Crippen LogP contribution in [0.2, 0.25) is 0 Å². The number of carbonyl (C=O) groups excluding carboxylic acids is 2. The molecule has 8 heteroatoms.